The lowest BCUT2D eigenvalue weighted by Crippen LogP contribution is -2.39. The van der Waals surface area contributed by atoms with Crippen molar-refractivity contribution in [3.05, 3.63) is 92.9 Å². The normalized spacial score (nSPS) is 13.1. The number of benzene rings is 2. The van der Waals surface area contributed by atoms with Crippen LogP contribution in [0.4, 0.5) is 4.39 Å². The van der Waals surface area contributed by atoms with Crippen LogP contribution in [0.3, 0.4) is 0 Å². The first-order valence-electron chi connectivity index (χ1n) is 9.32. The molecular formula is C22H20FN3O3. The Morgan fingerprint density at radius 1 is 1.24 bits per heavy atom. The molecule has 0 saturated carbocycles. The second-order valence-corrected chi connectivity index (χ2v) is 6.95. The minimum atomic E-state index is -0.304. The Balaban J connectivity index is 1.54. The first-order valence-corrected chi connectivity index (χ1v) is 9.32. The van der Waals surface area contributed by atoms with Crippen molar-refractivity contribution >= 4 is 5.91 Å². The maximum atomic E-state index is 13.1. The van der Waals surface area contributed by atoms with Gasteiger partial charge in [-0.15, -0.1) is 0 Å². The van der Waals surface area contributed by atoms with Crippen LogP contribution < -0.4 is 10.3 Å². The topological polar surface area (TPSA) is 75.3 Å². The highest BCUT2D eigenvalue weighted by Crippen LogP contribution is 2.19. The molecule has 0 unspecified atom stereocenters. The molecule has 0 saturated heterocycles. The molecule has 148 valence electrons. The number of carbonyl (C=O) groups is 1. The molecule has 1 aliphatic heterocycles. The SMILES string of the molecule is COc1cccc(C(=O)N2CCc3nc(Cc4ccc(F)cc4)[nH]c(=O)c3C2)c1. The maximum absolute atomic E-state index is 13.1. The van der Waals surface area contributed by atoms with E-state index in [0.717, 1.165) is 5.56 Å². The number of fused-ring (bicyclic) bond motifs is 1. The van der Waals surface area contributed by atoms with Gasteiger partial charge < -0.3 is 14.6 Å². The standard InChI is InChI=1S/C22H20FN3O3/c1-29-17-4-2-3-15(12-17)22(28)26-10-9-19-18(13-26)21(27)25-20(24-19)11-14-5-7-16(23)8-6-14/h2-8,12H,9-11,13H2,1H3,(H,24,25,27). The number of rotatable bonds is 4. The van der Waals surface area contributed by atoms with Gasteiger partial charge in [0.15, 0.2) is 0 Å². The highest BCUT2D eigenvalue weighted by atomic mass is 19.1. The van der Waals surface area contributed by atoms with Crippen LogP contribution in [-0.2, 0) is 19.4 Å². The van der Waals surface area contributed by atoms with Crippen molar-refractivity contribution in [3.63, 3.8) is 0 Å². The largest absolute Gasteiger partial charge is 0.497 e. The fourth-order valence-corrected chi connectivity index (χ4v) is 3.47. The van der Waals surface area contributed by atoms with Crippen molar-refractivity contribution in [1.29, 1.82) is 0 Å². The minimum Gasteiger partial charge on any atom is -0.497 e. The van der Waals surface area contributed by atoms with E-state index in [0.29, 0.717) is 47.8 Å². The Labute approximate surface area is 167 Å². The van der Waals surface area contributed by atoms with Gasteiger partial charge in [-0.25, -0.2) is 9.37 Å². The van der Waals surface area contributed by atoms with Gasteiger partial charge in [0.05, 0.1) is 24.9 Å². The lowest BCUT2D eigenvalue weighted by atomic mass is 10.0. The molecule has 0 aliphatic carbocycles. The maximum Gasteiger partial charge on any atom is 0.256 e. The fourth-order valence-electron chi connectivity index (χ4n) is 3.47. The summed E-state index contributed by atoms with van der Waals surface area (Å²) in [5, 5.41) is 0. The number of hydrogen-bond donors (Lipinski definition) is 1. The number of amides is 1. The van der Waals surface area contributed by atoms with E-state index in [1.807, 2.05) is 0 Å². The third-order valence-corrected chi connectivity index (χ3v) is 5.01. The van der Waals surface area contributed by atoms with Gasteiger partial charge in [-0.1, -0.05) is 18.2 Å². The number of hydrogen-bond acceptors (Lipinski definition) is 4. The highest BCUT2D eigenvalue weighted by molar-refractivity contribution is 5.94. The van der Waals surface area contributed by atoms with Gasteiger partial charge in [0.2, 0.25) is 0 Å². The first-order chi connectivity index (χ1) is 14.0. The van der Waals surface area contributed by atoms with Crippen molar-refractivity contribution in [2.24, 2.45) is 0 Å². The second kappa shape index (κ2) is 7.87. The number of H-pyrrole nitrogens is 1. The van der Waals surface area contributed by atoms with E-state index in [9.17, 15) is 14.0 Å². The summed E-state index contributed by atoms with van der Waals surface area (Å²) in [7, 11) is 1.55. The van der Waals surface area contributed by atoms with Crippen LogP contribution in [0.5, 0.6) is 5.75 Å². The van der Waals surface area contributed by atoms with E-state index < -0.39 is 0 Å². The Kier molecular flexibility index (Phi) is 5.12. The Morgan fingerprint density at radius 3 is 2.79 bits per heavy atom. The third-order valence-electron chi connectivity index (χ3n) is 5.01. The van der Waals surface area contributed by atoms with Gasteiger partial charge in [-0.2, -0.15) is 0 Å². The van der Waals surface area contributed by atoms with Gasteiger partial charge >= 0.3 is 0 Å². The molecule has 0 fully saturated rings. The molecule has 0 radical (unpaired) electrons. The highest BCUT2D eigenvalue weighted by Gasteiger charge is 2.25. The average molecular weight is 393 g/mol. The number of nitrogens with one attached hydrogen (secondary N) is 1. The van der Waals surface area contributed by atoms with Crippen LogP contribution in [-0.4, -0.2) is 34.4 Å². The summed E-state index contributed by atoms with van der Waals surface area (Å²) in [5.74, 6) is 0.692. The molecular weight excluding hydrogens is 373 g/mol. The minimum absolute atomic E-state index is 0.149. The molecule has 2 heterocycles. The lowest BCUT2D eigenvalue weighted by Gasteiger charge is -2.28. The summed E-state index contributed by atoms with van der Waals surface area (Å²) in [6, 6.07) is 13.1. The van der Waals surface area contributed by atoms with Crippen molar-refractivity contribution < 1.29 is 13.9 Å². The summed E-state index contributed by atoms with van der Waals surface area (Å²) >= 11 is 0. The van der Waals surface area contributed by atoms with Gasteiger partial charge in [0, 0.05) is 24.9 Å². The quantitative estimate of drug-likeness (QED) is 0.740. The van der Waals surface area contributed by atoms with Crippen molar-refractivity contribution in [2.45, 2.75) is 19.4 Å². The molecule has 3 aromatic rings. The number of ether oxygens (including phenoxy) is 1. The van der Waals surface area contributed by atoms with Gasteiger partial charge in [0.25, 0.3) is 11.5 Å². The summed E-state index contributed by atoms with van der Waals surface area (Å²) in [6.45, 7) is 0.694. The molecule has 7 heteroatoms. The molecule has 1 aromatic heterocycles. The number of halogens is 1. The van der Waals surface area contributed by atoms with E-state index in [1.165, 1.54) is 12.1 Å². The van der Waals surface area contributed by atoms with Crippen LogP contribution in [0.15, 0.2) is 53.3 Å². The van der Waals surface area contributed by atoms with Crippen molar-refractivity contribution in [2.75, 3.05) is 13.7 Å². The zero-order valence-electron chi connectivity index (χ0n) is 15.9. The van der Waals surface area contributed by atoms with Crippen LogP contribution in [0.1, 0.15) is 33.0 Å². The molecule has 0 bridgehead atoms. The Morgan fingerprint density at radius 2 is 2.03 bits per heavy atom. The third kappa shape index (κ3) is 4.03. The lowest BCUT2D eigenvalue weighted by molar-refractivity contribution is 0.0732. The number of carbonyl (C=O) groups excluding carboxylic acids is 1. The molecule has 0 atom stereocenters. The number of methoxy groups -OCH3 is 1. The molecule has 2 aromatic carbocycles. The van der Waals surface area contributed by atoms with Crippen LogP contribution in [0.25, 0.3) is 0 Å². The number of aromatic amines is 1. The fraction of sp³-hybridized carbons (Fsp3) is 0.227. The van der Waals surface area contributed by atoms with Crippen molar-refractivity contribution in [3.8, 4) is 5.75 Å². The van der Waals surface area contributed by atoms with Crippen molar-refractivity contribution in [1.82, 2.24) is 14.9 Å². The van der Waals surface area contributed by atoms with Gasteiger partial charge in [-0.05, 0) is 35.9 Å². The van der Waals surface area contributed by atoms with Crippen LogP contribution in [0, 0.1) is 5.82 Å². The van der Waals surface area contributed by atoms with E-state index >= 15 is 0 Å². The smallest absolute Gasteiger partial charge is 0.256 e. The second-order valence-electron chi connectivity index (χ2n) is 6.95. The summed E-state index contributed by atoms with van der Waals surface area (Å²) in [4.78, 5) is 34.5. The van der Waals surface area contributed by atoms with E-state index in [2.05, 4.69) is 9.97 Å². The summed E-state index contributed by atoms with van der Waals surface area (Å²) in [5.41, 5.74) is 2.36. The van der Waals surface area contributed by atoms with E-state index in [-0.39, 0.29) is 23.8 Å². The molecule has 29 heavy (non-hydrogen) atoms. The van der Waals surface area contributed by atoms with E-state index in [1.54, 1.807) is 48.4 Å². The summed E-state index contributed by atoms with van der Waals surface area (Å²) < 4.78 is 18.2. The Hall–Kier alpha value is -3.48. The first kappa shape index (κ1) is 18.9. The molecule has 4 rings (SSSR count). The zero-order chi connectivity index (χ0) is 20.4. The van der Waals surface area contributed by atoms with Gasteiger partial charge in [-0.3, -0.25) is 9.59 Å². The van der Waals surface area contributed by atoms with Crippen LogP contribution >= 0.6 is 0 Å². The molecule has 1 amide bonds. The predicted octanol–water partition coefficient (Wildman–Crippen LogP) is 2.71. The number of nitrogens with zero attached hydrogens (tertiary/aromatic N) is 2. The molecule has 1 N–H and O–H groups in total. The zero-order valence-corrected chi connectivity index (χ0v) is 15.9. The molecule has 0 spiro atoms. The average Bonchev–Trinajstić information content (AvgIpc) is 2.75. The van der Waals surface area contributed by atoms with Gasteiger partial charge in [0.1, 0.15) is 17.4 Å². The monoisotopic (exact) mass is 393 g/mol. The Bertz CT molecular complexity index is 1110. The molecule has 6 nitrogen and oxygen atoms in total. The predicted molar refractivity (Wildman–Crippen MR) is 106 cm³/mol. The summed E-state index contributed by atoms with van der Waals surface area (Å²) in [6.07, 6.45) is 0.917. The van der Waals surface area contributed by atoms with E-state index in [4.69, 9.17) is 4.74 Å². The molecule has 1 aliphatic rings. The number of aromatic nitrogens is 2. The van der Waals surface area contributed by atoms with Crippen LogP contribution in [0.2, 0.25) is 0 Å².